The molecule has 2 atom stereocenters. The van der Waals surface area contributed by atoms with Crippen molar-refractivity contribution in [2.45, 2.75) is 25.7 Å². The Morgan fingerprint density at radius 3 is 2.67 bits per heavy atom. The zero-order valence-electron chi connectivity index (χ0n) is 18.5. The topological polar surface area (TPSA) is 72.1 Å². The maximum atomic E-state index is 12.8. The number of nitrogens with one attached hydrogen (secondary N) is 2. The standard InChI is InChI=1S/C23H37N3O4/c1-28-11-6-12-30-22-13-18(7-8-21(22)29-2)23(27)25-16-19-14-24-15-20(19)17-26-9-4-3-5-10-26/h7-8,13,19-20,24H,3-6,9-12,14-17H2,1-2H3,(H,25,27)/t19-,20-/m0/s1. The number of hydrogen-bond acceptors (Lipinski definition) is 6. The van der Waals surface area contributed by atoms with Gasteiger partial charge < -0.3 is 29.7 Å². The Morgan fingerprint density at radius 1 is 1.10 bits per heavy atom. The van der Waals surface area contributed by atoms with Crippen molar-refractivity contribution in [3.05, 3.63) is 23.8 Å². The van der Waals surface area contributed by atoms with Gasteiger partial charge in [0.2, 0.25) is 0 Å². The number of nitrogens with zero attached hydrogens (tertiary/aromatic N) is 1. The Bertz CT molecular complexity index is 664. The molecule has 0 saturated carbocycles. The third-order valence-corrected chi connectivity index (χ3v) is 6.12. The lowest BCUT2D eigenvalue weighted by atomic mass is 9.94. The summed E-state index contributed by atoms with van der Waals surface area (Å²) in [4.78, 5) is 15.4. The molecule has 2 aliphatic rings. The number of rotatable bonds is 11. The van der Waals surface area contributed by atoms with Crippen molar-refractivity contribution in [1.29, 1.82) is 0 Å². The number of likely N-dealkylation sites (tertiary alicyclic amines) is 1. The normalized spacial score (nSPS) is 22.1. The molecule has 1 aromatic carbocycles. The van der Waals surface area contributed by atoms with Crippen LogP contribution in [-0.2, 0) is 4.74 Å². The van der Waals surface area contributed by atoms with E-state index in [-0.39, 0.29) is 5.91 Å². The molecule has 1 amide bonds. The predicted octanol–water partition coefficient (Wildman–Crippen LogP) is 2.16. The first-order valence-corrected chi connectivity index (χ1v) is 11.2. The number of piperidine rings is 1. The fraction of sp³-hybridized carbons (Fsp3) is 0.696. The van der Waals surface area contributed by atoms with Crippen LogP contribution in [0.4, 0.5) is 0 Å². The number of carbonyl (C=O) groups excluding carboxylic acids is 1. The van der Waals surface area contributed by atoms with Gasteiger partial charge >= 0.3 is 0 Å². The SMILES string of the molecule is COCCCOc1cc(C(=O)NC[C@@H]2CNC[C@H]2CN2CCCCC2)ccc1OC. The first-order valence-electron chi connectivity index (χ1n) is 11.2. The van der Waals surface area contributed by atoms with Gasteiger partial charge in [0.25, 0.3) is 5.91 Å². The van der Waals surface area contributed by atoms with E-state index in [1.807, 2.05) is 0 Å². The number of benzene rings is 1. The summed E-state index contributed by atoms with van der Waals surface area (Å²) in [7, 11) is 3.27. The smallest absolute Gasteiger partial charge is 0.251 e. The maximum Gasteiger partial charge on any atom is 0.251 e. The number of methoxy groups -OCH3 is 2. The Labute approximate surface area is 180 Å². The van der Waals surface area contributed by atoms with Gasteiger partial charge in [0.05, 0.1) is 13.7 Å². The summed E-state index contributed by atoms with van der Waals surface area (Å²) in [6, 6.07) is 5.34. The van der Waals surface area contributed by atoms with Gasteiger partial charge in [-0.2, -0.15) is 0 Å². The largest absolute Gasteiger partial charge is 0.493 e. The second-order valence-electron chi connectivity index (χ2n) is 8.31. The molecule has 1 aromatic rings. The molecule has 2 fully saturated rings. The molecule has 2 N–H and O–H groups in total. The van der Waals surface area contributed by atoms with Gasteiger partial charge in [-0.3, -0.25) is 4.79 Å². The average molecular weight is 420 g/mol. The van der Waals surface area contributed by atoms with E-state index in [1.54, 1.807) is 32.4 Å². The third-order valence-electron chi connectivity index (χ3n) is 6.12. The van der Waals surface area contributed by atoms with Crippen LogP contribution in [0.3, 0.4) is 0 Å². The molecule has 0 spiro atoms. The zero-order valence-corrected chi connectivity index (χ0v) is 18.5. The van der Waals surface area contributed by atoms with Gasteiger partial charge in [0.1, 0.15) is 0 Å². The van der Waals surface area contributed by atoms with Gasteiger partial charge in [0.15, 0.2) is 11.5 Å². The van der Waals surface area contributed by atoms with Crippen LogP contribution in [0.5, 0.6) is 11.5 Å². The molecular weight excluding hydrogens is 382 g/mol. The summed E-state index contributed by atoms with van der Waals surface area (Å²) in [5.41, 5.74) is 0.594. The molecule has 3 rings (SSSR count). The monoisotopic (exact) mass is 419 g/mol. The molecule has 168 valence electrons. The van der Waals surface area contributed by atoms with Crippen molar-refractivity contribution in [1.82, 2.24) is 15.5 Å². The van der Waals surface area contributed by atoms with E-state index in [4.69, 9.17) is 14.2 Å². The molecule has 7 heteroatoms. The van der Waals surface area contributed by atoms with E-state index in [0.717, 1.165) is 26.1 Å². The van der Waals surface area contributed by atoms with Gasteiger partial charge in [-0.1, -0.05) is 6.42 Å². The van der Waals surface area contributed by atoms with Crippen molar-refractivity contribution in [2.75, 3.05) is 66.7 Å². The van der Waals surface area contributed by atoms with Crippen LogP contribution in [0, 0.1) is 11.8 Å². The number of ether oxygens (including phenoxy) is 3. The van der Waals surface area contributed by atoms with Gasteiger partial charge in [-0.25, -0.2) is 0 Å². The molecule has 0 radical (unpaired) electrons. The summed E-state index contributed by atoms with van der Waals surface area (Å²) in [5.74, 6) is 2.22. The first kappa shape index (κ1) is 22.8. The fourth-order valence-electron chi connectivity index (χ4n) is 4.36. The summed E-state index contributed by atoms with van der Waals surface area (Å²) in [5, 5.41) is 6.64. The van der Waals surface area contributed by atoms with Crippen LogP contribution < -0.4 is 20.1 Å². The third kappa shape index (κ3) is 6.59. The lowest BCUT2D eigenvalue weighted by Crippen LogP contribution is -2.39. The summed E-state index contributed by atoms with van der Waals surface area (Å²) < 4.78 is 16.2. The first-order chi connectivity index (χ1) is 14.7. The maximum absolute atomic E-state index is 12.8. The van der Waals surface area contributed by atoms with Crippen molar-refractivity contribution >= 4 is 5.91 Å². The fourth-order valence-corrected chi connectivity index (χ4v) is 4.36. The van der Waals surface area contributed by atoms with Crippen LogP contribution in [0.2, 0.25) is 0 Å². The Kier molecular flexibility index (Phi) is 9.24. The predicted molar refractivity (Wildman–Crippen MR) is 117 cm³/mol. The van der Waals surface area contributed by atoms with Crippen LogP contribution in [0.15, 0.2) is 18.2 Å². The van der Waals surface area contributed by atoms with E-state index < -0.39 is 0 Å². The molecule has 0 bridgehead atoms. The molecule has 2 aliphatic heterocycles. The van der Waals surface area contributed by atoms with Crippen molar-refractivity contribution in [3.63, 3.8) is 0 Å². The molecule has 2 saturated heterocycles. The highest BCUT2D eigenvalue weighted by molar-refractivity contribution is 5.94. The quantitative estimate of drug-likeness (QED) is 0.536. The van der Waals surface area contributed by atoms with Crippen LogP contribution >= 0.6 is 0 Å². The Hall–Kier alpha value is -1.83. The highest BCUT2D eigenvalue weighted by Gasteiger charge is 2.29. The average Bonchev–Trinajstić information content (AvgIpc) is 3.22. The van der Waals surface area contributed by atoms with Crippen molar-refractivity contribution in [2.24, 2.45) is 11.8 Å². The zero-order chi connectivity index (χ0) is 21.2. The lowest BCUT2D eigenvalue weighted by molar-refractivity contribution is 0.0941. The van der Waals surface area contributed by atoms with Gasteiger partial charge in [0, 0.05) is 45.3 Å². The van der Waals surface area contributed by atoms with Gasteiger partial charge in [-0.15, -0.1) is 0 Å². The van der Waals surface area contributed by atoms with E-state index >= 15 is 0 Å². The highest BCUT2D eigenvalue weighted by atomic mass is 16.5. The van der Waals surface area contributed by atoms with Crippen molar-refractivity contribution in [3.8, 4) is 11.5 Å². The van der Waals surface area contributed by atoms with Crippen LogP contribution in [0.25, 0.3) is 0 Å². The minimum absolute atomic E-state index is 0.0667. The lowest BCUT2D eigenvalue weighted by Gasteiger charge is -2.31. The molecule has 0 unspecified atom stereocenters. The molecule has 0 aromatic heterocycles. The summed E-state index contributed by atoms with van der Waals surface area (Å²) >= 11 is 0. The second kappa shape index (κ2) is 12.1. The molecule has 30 heavy (non-hydrogen) atoms. The number of hydrogen-bond donors (Lipinski definition) is 2. The molecule has 2 heterocycles. The highest BCUT2D eigenvalue weighted by Crippen LogP contribution is 2.28. The van der Waals surface area contributed by atoms with Crippen LogP contribution in [0.1, 0.15) is 36.0 Å². The Morgan fingerprint density at radius 2 is 1.90 bits per heavy atom. The summed E-state index contributed by atoms with van der Waals surface area (Å²) in [6.07, 6.45) is 4.77. The van der Waals surface area contributed by atoms with Crippen molar-refractivity contribution < 1.29 is 19.0 Å². The van der Waals surface area contributed by atoms with E-state index in [1.165, 1.54) is 32.4 Å². The van der Waals surface area contributed by atoms with E-state index in [9.17, 15) is 4.79 Å². The molecular formula is C23H37N3O4. The van der Waals surface area contributed by atoms with E-state index in [0.29, 0.717) is 48.7 Å². The number of amides is 1. The minimum atomic E-state index is -0.0667. The number of carbonyl (C=O) groups is 1. The Balaban J connectivity index is 1.51. The molecule has 7 nitrogen and oxygen atoms in total. The molecule has 0 aliphatic carbocycles. The van der Waals surface area contributed by atoms with Gasteiger partial charge in [-0.05, 0) is 62.5 Å². The second-order valence-corrected chi connectivity index (χ2v) is 8.31. The van der Waals surface area contributed by atoms with Crippen LogP contribution in [-0.4, -0.2) is 77.5 Å². The minimum Gasteiger partial charge on any atom is -0.493 e. The van der Waals surface area contributed by atoms with E-state index in [2.05, 4.69) is 15.5 Å². The summed E-state index contributed by atoms with van der Waals surface area (Å²) in [6.45, 7) is 7.42.